The number of rotatable bonds is 5. The molecule has 0 aromatic carbocycles. The van der Waals surface area contributed by atoms with Gasteiger partial charge in [-0.2, -0.15) is 0 Å². The van der Waals surface area contributed by atoms with Gasteiger partial charge >= 0.3 is 0 Å². The van der Waals surface area contributed by atoms with E-state index in [2.05, 4.69) is 6.58 Å². The normalized spacial score (nSPS) is 9.00. The molecule has 0 amide bonds. The van der Waals surface area contributed by atoms with Gasteiger partial charge in [0.1, 0.15) is 5.78 Å². The molecule has 0 aliphatic heterocycles. The molecule has 0 rings (SSSR count). The molecule has 0 bridgehead atoms. The van der Waals surface area contributed by atoms with E-state index in [1.807, 2.05) is 6.92 Å². The standard InChI is InChI=1S/C8H14O/c1-3-5-7-8(9)6-4-2/h3H,1,4-7H2,2H3. The van der Waals surface area contributed by atoms with E-state index in [9.17, 15) is 4.79 Å². The van der Waals surface area contributed by atoms with E-state index in [1.54, 1.807) is 6.08 Å². The molecule has 0 aliphatic carbocycles. The Morgan fingerprint density at radius 1 is 1.56 bits per heavy atom. The van der Waals surface area contributed by atoms with Gasteiger partial charge in [0.25, 0.3) is 0 Å². The number of carbonyl (C=O) groups is 1. The van der Waals surface area contributed by atoms with Crippen LogP contribution in [0.4, 0.5) is 0 Å². The van der Waals surface area contributed by atoms with Gasteiger partial charge < -0.3 is 0 Å². The third kappa shape index (κ3) is 5.28. The maximum atomic E-state index is 10.8. The molecule has 1 nitrogen and oxygen atoms in total. The van der Waals surface area contributed by atoms with Gasteiger partial charge in [0.2, 0.25) is 0 Å². The first-order valence-electron chi connectivity index (χ1n) is 3.43. The van der Waals surface area contributed by atoms with Gasteiger partial charge in [0.15, 0.2) is 0 Å². The topological polar surface area (TPSA) is 17.1 Å². The minimum atomic E-state index is 0.359. The number of allylic oxidation sites excluding steroid dienone is 1. The molecule has 9 heavy (non-hydrogen) atoms. The molecule has 0 spiro atoms. The molecular weight excluding hydrogens is 112 g/mol. The smallest absolute Gasteiger partial charge is 0.133 e. The Morgan fingerprint density at radius 3 is 2.67 bits per heavy atom. The first-order chi connectivity index (χ1) is 4.31. The lowest BCUT2D eigenvalue weighted by molar-refractivity contribution is -0.119. The zero-order chi connectivity index (χ0) is 7.11. The van der Waals surface area contributed by atoms with E-state index in [4.69, 9.17) is 0 Å². The van der Waals surface area contributed by atoms with Crippen LogP contribution in [-0.4, -0.2) is 5.78 Å². The minimum absolute atomic E-state index is 0.359. The van der Waals surface area contributed by atoms with Crippen molar-refractivity contribution in [1.29, 1.82) is 0 Å². The second-order valence-corrected chi connectivity index (χ2v) is 2.12. The Bertz CT molecular complexity index is 94.7. The summed E-state index contributed by atoms with van der Waals surface area (Å²) < 4.78 is 0. The maximum Gasteiger partial charge on any atom is 0.133 e. The van der Waals surface area contributed by atoms with Crippen molar-refractivity contribution in [2.75, 3.05) is 0 Å². The fourth-order valence-electron chi connectivity index (χ4n) is 0.667. The third-order valence-corrected chi connectivity index (χ3v) is 1.16. The maximum absolute atomic E-state index is 10.8. The molecule has 0 aromatic rings. The molecule has 0 radical (unpaired) electrons. The van der Waals surface area contributed by atoms with Gasteiger partial charge in [0, 0.05) is 12.8 Å². The molecule has 1 heteroatoms. The van der Waals surface area contributed by atoms with Crippen molar-refractivity contribution in [1.82, 2.24) is 0 Å². The van der Waals surface area contributed by atoms with E-state index in [1.165, 1.54) is 0 Å². The van der Waals surface area contributed by atoms with Crippen LogP contribution in [0.15, 0.2) is 12.7 Å². The third-order valence-electron chi connectivity index (χ3n) is 1.16. The second kappa shape index (κ2) is 5.54. The second-order valence-electron chi connectivity index (χ2n) is 2.12. The molecule has 0 fully saturated rings. The Balaban J connectivity index is 3.16. The highest BCUT2D eigenvalue weighted by Crippen LogP contribution is 1.97. The van der Waals surface area contributed by atoms with Gasteiger partial charge in [0.05, 0.1) is 0 Å². The molecule has 0 aromatic heterocycles. The van der Waals surface area contributed by atoms with Gasteiger partial charge in [-0.15, -0.1) is 6.58 Å². The highest BCUT2D eigenvalue weighted by atomic mass is 16.1. The van der Waals surface area contributed by atoms with Crippen LogP contribution in [0.5, 0.6) is 0 Å². The van der Waals surface area contributed by atoms with Gasteiger partial charge in [-0.1, -0.05) is 13.0 Å². The summed E-state index contributed by atoms with van der Waals surface area (Å²) in [7, 11) is 0. The Kier molecular flexibility index (Phi) is 5.18. The molecule has 0 N–H and O–H groups in total. The van der Waals surface area contributed by atoms with E-state index in [0.717, 1.165) is 19.3 Å². The van der Waals surface area contributed by atoms with Crippen LogP contribution in [0.2, 0.25) is 0 Å². The number of ketones is 1. The van der Waals surface area contributed by atoms with Gasteiger partial charge in [-0.25, -0.2) is 0 Å². The molecule has 0 heterocycles. The van der Waals surface area contributed by atoms with E-state index >= 15 is 0 Å². The number of Topliss-reactive ketones (excluding diaryl/α,β-unsaturated/α-hetero) is 1. The summed E-state index contributed by atoms with van der Waals surface area (Å²) in [6.45, 7) is 5.56. The summed E-state index contributed by atoms with van der Waals surface area (Å²) in [6.07, 6.45) is 4.99. The molecule has 52 valence electrons. The zero-order valence-corrected chi connectivity index (χ0v) is 6.02. The monoisotopic (exact) mass is 126 g/mol. The van der Waals surface area contributed by atoms with Crippen LogP contribution < -0.4 is 0 Å². The van der Waals surface area contributed by atoms with Crippen molar-refractivity contribution >= 4 is 5.78 Å². The van der Waals surface area contributed by atoms with E-state index < -0.39 is 0 Å². The SMILES string of the molecule is C=CCCC(=O)CCC. The lowest BCUT2D eigenvalue weighted by atomic mass is 10.1. The van der Waals surface area contributed by atoms with Crippen LogP contribution in [0.1, 0.15) is 32.6 Å². The highest BCUT2D eigenvalue weighted by Gasteiger charge is 1.95. The average Bonchev–Trinajstić information content (AvgIpc) is 1.85. The number of hydrogen-bond acceptors (Lipinski definition) is 1. The lowest BCUT2D eigenvalue weighted by Crippen LogP contribution is -1.94. The molecule has 0 unspecified atom stereocenters. The molecule has 0 aliphatic rings. The first-order valence-corrected chi connectivity index (χ1v) is 3.43. The summed E-state index contributed by atoms with van der Waals surface area (Å²) in [6, 6.07) is 0. The first kappa shape index (κ1) is 8.41. The minimum Gasteiger partial charge on any atom is -0.300 e. The van der Waals surface area contributed by atoms with Gasteiger partial charge in [-0.05, 0) is 12.8 Å². The van der Waals surface area contributed by atoms with Crippen molar-refractivity contribution in [3.8, 4) is 0 Å². The van der Waals surface area contributed by atoms with Crippen molar-refractivity contribution in [3.63, 3.8) is 0 Å². The van der Waals surface area contributed by atoms with Crippen molar-refractivity contribution in [2.45, 2.75) is 32.6 Å². The highest BCUT2D eigenvalue weighted by molar-refractivity contribution is 5.78. The fraction of sp³-hybridized carbons (Fsp3) is 0.625. The van der Waals surface area contributed by atoms with Crippen molar-refractivity contribution < 1.29 is 4.79 Å². The van der Waals surface area contributed by atoms with E-state index in [-0.39, 0.29) is 0 Å². The molecule has 0 atom stereocenters. The van der Waals surface area contributed by atoms with Crippen LogP contribution >= 0.6 is 0 Å². The van der Waals surface area contributed by atoms with E-state index in [0.29, 0.717) is 12.2 Å². The summed E-state index contributed by atoms with van der Waals surface area (Å²) in [4.78, 5) is 10.8. The van der Waals surface area contributed by atoms with Crippen LogP contribution in [0, 0.1) is 0 Å². The summed E-state index contributed by atoms with van der Waals surface area (Å²) in [5.41, 5.74) is 0. The summed E-state index contributed by atoms with van der Waals surface area (Å²) in [5, 5.41) is 0. The van der Waals surface area contributed by atoms with Crippen LogP contribution in [0.3, 0.4) is 0 Å². The van der Waals surface area contributed by atoms with Crippen LogP contribution in [-0.2, 0) is 4.79 Å². The largest absolute Gasteiger partial charge is 0.300 e. The van der Waals surface area contributed by atoms with Crippen molar-refractivity contribution in [3.05, 3.63) is 12.7 Å². The van der Waals surface area contributed by atoms with Gasteiger partial charge in [-0.3, -0.25) is 4.79 Å². The predicted molar refractivity (Wildman–Crippen MR) is 39.3 cm³/mol. The Labute approximate surface area is 56.8 Å². The number of carbonyl (C=O) groups excluding carboxylic acids is 1. The quantitative estimate of drug-likeness (QED) is 0.517. The molecule has 0 saturated carbocycles. The summed E-state index contributed by atoms with van der Waals surface area (Å²) >= 11 is 0. The zero-order valence-electron chi connectivity index (χ0n) is 6.02. The lowest BCUT2D eigenvalue weighted by Gasteiger charge is -1.92. The number of hydrogen-bond donors (Lipinski definition) is 0. The Morgan fingerprint density at radius 2 is 2.22 bits per heavy atom. The summed E-state index contributed by atoms with van der Waals surface area (Å²) in [5.74, 6) is 0.359. The fourth-order valence-corrected chi connectivity index (χ4v) is 0.667. The Hall–Kier alpha value is -0.590. The average molecular weight is 126 g/mol. The molecule has 0 saturated heterocycles. The van der Waals surface area contributed by atoms with Crippen LogP contribution in [0.25, 0.3) is 0 Å². The molecular formula is C8H14O. The van der Waals surface area contributed by atoms with Crippen molar-refractivity contribution in [2.24, 2.45) is 0 Å². The predicted octanol–water partition coefficient (Wildman–Crippen LogP) is 2.32.